The van der Waals surface area contributed by atoms with Gasteiger partial charge in [0.2, 0.25) is 0 Å². The third-order valence-electron chi connectivity index (χ3n) is 2.08. The molecule has 0 spiro atoms. The van der Waals surface area contributed by atoms with Crippen molar-refractivity contribution < 1.29 is 22.0 Å². The van der Waals surface area contributed by atoms with Crippen LogP contribution in [0.5, 0.6) is 0 Å². The number of rotatable bonds is 3. The highest BCUT2D eigenvalue weighted by atomic mass is 19.2. The van der Waals surface area contributed by atoms with E-state index < -0.39 is 41.1 Å². The molecule has 15 heavy (non-hydrogen) atoms. The average molecular weight is 224 g/mol. The number of hydrogen-bond acceptors (Lipinski definition) is 0. The molecule has 0 saturated carbocycles. The first kappa shape index (κ1) is 11.9. The molecule has 5 heteroatoms. The standard InChI is InChI=1S/C10H9F5/c1-2-3-5-7(12)6(4-11)9(14)10(15)8(5)13/h2-4H2,1H3. The van der Waals surface area contributed by atoms with Gasteiger partial charge in [-0.3, -0.25) is 0 Å². The van der Waals surface area contributed by atoms with Gasteiger partial charge in [0.15, 0.2) is 17.5 Å². The number of halogens is 5. The summed E-state index contributed by atoms with van der Waals surface area (Å²) in [5.41, 5.74) is -1.64. The molecule has 0 aliphatic carbocycles. The van der Waals surface area contributed by atoms with Gasteiger partial charge < -0.3 is 0 Å². The fourth-order valence-corrected chi connectivity index (χ4v) is 1.32. The van der Waals surface area contributed by atoms with Crippen molar-refractivity contribution in [2.75, 3.05) is 0 Å². The SMILES string of the molecule is CCCc1c(F)c(F)c(F)c(CF)c1F. The van der Waals surface area contributed by atoms with E-state index in [9.17, 15) is 22.0 Å². The Labute approximate surface area is 83.7 Å². The van der Waals surface area contributed by atoms with Crippen LogP contribution in [0.2, 0.25) is 0 Å². The van der Waals surface area contributed by atoms with E-state index in [4.69, 9.17) is 0 Å². The smallest absolute Gasteiger partial charge is 0.195 e. The molecule has 0 unspecified atom stereocenters. The fraction of sp³-hybridized carbons (Fsp3) is 0.400. The molecule has 0 aliphatic heterocycles. The van der Waals surface area contributed by atoms with E-state index in [0.717, 1.165) is 0 Å². The molecule has 0 aromatic heterocycles. The Morgan fingerprint density at radius 2 is 1.33 bits per heavy atom. The summed E-state index contributed by atoms with van der Waals surface area (Å²) in [6.07, 6.45) is 0.256. The number of alkyl halides is 1. The van der Waals surface area contributed by atoms with Gasteiger partial charge in [0.05, 0.1) is 5.56 Å². The summed E-state index contributed by atoms with van der Waals surface area (Å²) in [5.74, 6) is -6.49. The Morgan fingerprint density at radius 3 is 1.80 bits per heavy atom. The lowest BCUT2D eigenvalue weighted by atomic mass is 10.0. The molecule has 0 fully saturated rings. The molecule has 0 nitrogen and oxygen atoms in total. The quantitative estimate of drug-likeness (QED) is 0.417. The second-order valence-electron chi connectivity index (χ2n) is 3.10. The Morgan fingerprint density at radius 1 is 0.800 bits per heavy atom. The minimum absolute atomic E-state index is 0.0954. The molecule has 0 N–H and O–H groups in total. The predicted molar refractivity (Wildman–Crippen MR) is 45.1 cm³/mol. The van der Waals surface area contributed by atoms with Crippen molar-refractivity contribution in [2.45, 2.75) is 26.4 Å². The van der Waals surface area contributed by atoms with Gasteiger partial charge in [-0.2, -0.15) is 0 Å². The van der Waals surface area contributed by atoms with Crippen LogP contribution >= 0.6 is 0 Å². The van der Waals surface area contributed by atoms with Gasteiger partial charge >= 0.3 is 0 Å². The van der Waals surface area contributed by atoms with E-state index >= 15 is 0 Å². The summed E-state index contributed by atoms with van der Waals surface area (Å²) in [6.45, 7) is 0.126. The molecule has 0 bridgehead atoms. The van der Waals surface area contributed by atoms with E-state index in [2.05, 4.69) is 0 Å². The lowest BCUT2D eigenvalue weighted by Gasteiger charge is -2.09. The lowest BCUT2D eigenvalue weighted by Crippen LogP contribution is -2.07. The van der Waals surface area contributed by atoms with Gasteiger partial charge in [0.25, 0.3) is 0 Å². The van der Waals surface area contributed by atoms with Crippen molar-refractivity contribution >= 4 is 0 Å². The van der Waals surface area contributed by atoms with E-state index in [-0.39, 0.29) is 6.42 Å². The van der Waals surface area contributed by atoms with Crippen molar-refractivity contribution in [3.63, 3.8) is 0 Å². The van der Waals surface area contributed by atoms with E-state index in [1.54, 1.807) is 6.92 Å². The maximum Gasteiger partial charge on any atom is 0.195 e. The summed E-state index contributed by atoms with van der Waals surface area (Å²) in [5, 5.41) is 0. The summed E-state index contributed by atoms with van der Waals surface area (Å²) in [4.78, 5) is 0. The molecule has 1 aromatic carbocycles. The summed E-state index contributed by atoms with van der Waals surface area (Å²) < 4.78 is 64.2. The van der Waals surface area contributed by atoms with Gasteiger partial charge in [0, 0.05) is 5.56 Å². The second-order valence-corrected chi connectivity index (χ2v) is 3.10. The first-order chi connectivity index (χ1) is 7.04. The Balaban J connectivity index is 3.45. The van der Waals surface area contributed by atoms with Gasteiger partial charge in [-0.25, -0.2) is 22.0 Å². The first-order valence-corrected chi connectivity index (χ1v) is 4.44. The number of hydrogen-bond donors (Lipinski definition) is 0. The second kappa shape index (κ2) is 4.59. The van der Waals surface area contributed by atoms with Crippen molar-refractivity contribution in [3.8, 4) is 0 Å². The van der Waals surface area contributed by atoms with E-state index in [1.807, 2.05) is 0 Å². The van der Waals surface area contributed by atoms with Crippen LogP contribution in [0.3, 0.4) is 0 Å². The van der Waals surface area contributed by atoms with Crippen LogP contribution in [-0.4, -0.2) is 0 Å². The van der Waals surface area contributed by atoms with Gasteiger partial charge in [-0.1, -0.05) is 13.3 Å². The minimum Gasteiger partial charge on any atom is -0.246 e. The molecule has 0 amide bonds. The molecule has 0 heterocycles. The van der Waals surface area contributed by atoms with Crippen LogP contribution < -0.4 is 0 Å². The summed E-state index contributed by atoms with van der Waals surface area (Å²) >= 11 is 0. The van der Waals surface area contributed by atoms with E-state index in [0.29, 0.717) is 6.42 Å². The zero-order valence-electron chi connectivity index (χ0n) is 8.01. The van der Waals surface area contributed by atoms with Crippen LogP contribution in [0.4, 0.5) is 22.0 Å². The molecule has 0 atom stereocenters. The van der Waals surface area contributed by atoms with Crippen molar-refractivity contribution in [1.29, 1.82) is 0 Å². The van der Waals surface area contributed by atoms with Gasteiger partial charge in [-0.05, 0) is 6.42 Å². The molecule has 84 valence electrons. The average Bonchev–Trinajstić information content (AvgIpc) is 2.22. The van der Waals surface area contributed by atoms with Gasteiger partial charge in [-0.15, -0.1) is 0 Å². The van der Waals surface area contributed by atoms with Crippen molar-refractivity contribution in [3.05, 3.63) is 34.4 Å². The molecule has 0 aliphatic rings. The van der Waals surface area contributed by atoms with Crippen molar-refractivity contribution in [1.82, 2.24) is 0 Å². The zero-order chi connectivity index (χ0) is 11.6. The summed E-state index contributed by atoms with van der Waals surface area (Å²) in [6, 6.07) is 0. The Hall–Kier alpha value is -1.13. The maximum atomic E-state index is 13.3. The van der Waals surface area contributed by atoms with Crippen molar-refractivity contribution in [2.24, 2.45) is 0 Å². The molecule has 0 radical (unpaired) electrons. The van der Waals surface area contributed by atoms with Crippen LogP contribution in [0.1, 0.15) is 24.5 Å². The normalized spacial score (nSPS) is 10.8. The van der Waals surface area contributed by atoms with E-state index in [1.165, 1.54) is 0 Å². The minimum atomic E-state index is -1.81. The van der Waals surface area contributed by atoms with Crippen LogP contribution in [0, 0.1) is 23.3 Å². The Bertz CT molecular complexity index is 373. The highest BCUT2D eigenvalue weighted by Gasteiger charge is 2.24. The first-order valence-electron chi connectivity index (χ1n) is 4.44. The molecular weight excluding hydrogens is 215 g/mol. The zero-order valence-corrected chi connectivity index (χ0v) is 8.01. The third kappa shape index (κ3) is 1.96. The lowest BCUT2D eigenvalue weighted by molar-refractivity contribution is 0.386. The largest absolute Gasteiger partial charge is 0.246 e. The molecule has 1 rings (SSSR count). The number of benzene rings is 1. The topological polar surface area (TPSA) is 0 Å². The molecule has 0 saturated heterocycles. The highest BCUT2D eigenvalue weighted by Crippen LogP contribution is 2.25. The molecular formula is C10H9F5. The third-order valence-corrected chi connectivity index (χ3v) is 2.08. The predicted octanol–water partition coefficient (Wildman–Crippen LogP) is 3.67. The fourth-order valence-electron chi connectivity index (χ4n) is 1.32. The Kier molecular flexibility index (Phi) is 3.66. The van der Waals surface area contributed by atoms with Crippen LogP contribution in [0.25, 0.3) is 0 Å². The van der Waals surface area contributed by atoms with Crippen LogP contribution in [0.15, 0.2) is 0 Å². The van der Waals surface area contributed by atoms with Crippen LogP contribution in [-0.2, 0) is 13.1 Å². The highest BCUT2D eigenvalue weighted by molar-refractivity contribution is 5.30. The maximum absolute atomic E-state index is 13.3. The summed E-state index contributed by atoms with van der Waals surface area (Å²) in [7, 11) is 0. The monoisotopic (exact) mass is 224 g/mol. The van der Waals surface area contributed by atoms with Gasteiger partial charge in [0.1, 0.15) is 12.5 Å². The molecule has 1 aromatic rings.